The second-order valence-electron chi connectivity index (χ2n) is 6.79. The van der Waals surface area contributed by atoms with Crippen molar-refractivity contribution >= 4 is 18.0 Å². The third kappa shape index (κ3) is 5.11. The first kappa shape index (κ1) is 19.3. The Labute approximate surface area is 137 Å². The number of nitrogens with zero attached hydrogens (tertiary/aromatic N) is 1. The molecule has 0 unspecified atom stereocenters. The minimum Gasteiger partial charge on any atom is -0.467 e. The van der Waals surface area contributed by atoms with E-state index in [0.29, 0.717) is 6.42 Å². The summed E-state index contributed by atoms with van der Waals surface area (Å²) in [6.07, 6.45) is 1.43. The first-order valence-electron chi connectivity index (χ1n) is 8.00. The van der Waals surface area contributed by atoms with E-state index in [1.54, 1.807) is 32.6 Å². The Morgan fingerprint density at radius 3 is 2.35 bits per heavy atom. The van der Waals surface area contributed by atoms with Gasteiger partial charge in [-0.2, -0.15) is 0 Å². The molecule has 23 heavy (non-hydrogen) atoms. The summed E-state index contributed by atoms with van der Waals surface area (Å²) >= 11 is 0. The van der Waals surface area contributed by atoms with Gasteiger partial charge >= 0.3 is 12.1 Å². The zero-order chi connectivity index (χ0) is 17.8. The molecular weight excluding hydrogens is 300 g/mol. The van der Waals surface area contributed by atoms with Crippen molar-refractivity contribution < 1.29 is 23.9 Å². The van der Waals surface area contributed by atoms with E-state index in [9.17, 15) is 14.4 Å². The van der Waals surface area contributed by atoms with Gasteiger partial charge in [-0.05, 0) is 47.0 Å². The summed E-state index contributed by atoms with van der Waals surface area (Å²) in [6, 6.07) is -1.38. The van der Waals surface area contributed by atoms with Gasteiger partial charge in [-0.1, -0.05) is 6.92 Å². The van der Waals surface area contributed by atoms with E-state index in [0.717, 1.165) is 12.8 Å². The monoisotopic (exact) mass is 328 g/mol. The van der Waals surface area contributed by atoms with Crippen molar-refractivity contribution in [3.05, 3.63) is 0 Å². The smallest absolute Gasteiger partial charge is 0.408 e. The molecular formula is C16H28N2O5. The molecule has 1 saturated heterocycles. The lowest BCUT2D eigenvalue weighted by molar-refractivity contribution is -0.152. The Morgan fingerprint density at radius 1 is 1.26 bits per heavy atom. The Bertz CT molecular complexity index is 458. The SMILES string of the molecule is CC[C@H]1CC[C@@H](C(=O)OC)N1C(=O)[C@H](C)NC(=O)OC(C)(C)C. The highest BCUT2D eigenvalue weighted by molar-refractivity contribution is 5.90. The molecule has 1 aliphatic rings. The van der Waals surface area contributed by atoms with Crippen LogP contribution in [0.5, 0.6) is 0 Å². The van der Waals surface area contributed by atoms with E-state index in [-0.39, 0.29) is 11.9 Å². The molecule has 0 bridgehead atoms. The molecule has 0 radical (unpaired) electrons. The molecule has 1 rings (SSSR count). The summed E-state index contributed by atoms with van der Waals surface area (Å²) in [5, 5.41) is 2.53. The lowest BCUT2D eigenvalue weighted by Crippen LogP contribution is -2.53. The summed E-state index contributed by atoms with van der Waals surface area (Å²) in [5.41, 5.74) is -0.638. The van der Waals surface area contributed by atoms with Gasteiger partial charge in [0.05, 0.1) is 7.11 Å². The van der Waals surface area contributed by atoms with Gasteiger partial charge in [-0.3, -0.25) is 4.79 Å². The number of nitrogens with one attached hydrogen (secondary N) is 1. The molecule has 1 fully saturated rings. The quantitative estimate of drug-likeness (QED) is 0.796. The zero-order valence-corrected chi connectivity index (χ0v) is 14.8. The van der Waals surface area contributed by atoms with E-state index in [2.05, 4.69) is 5.32 Å². The first-order chi connectivity index (χ1) is 10.6. The lowest BCUT2D eigenvalue weighted by atomic mass is 10.1. The topological polar surface area (TPSA) is 84.9 Å². The highest BCUT2D eigenvalue weighted by Crippen LogP contribution is 2.28. The molecule has 1 heterocycles. The molecule has 7 heteroatoms. The predicted molar refractivity (Wildman–Crippen MR) is 84.8 cm³/mol. The number of hydrogen-bond donors (Lipinski definition) is 1. The van der Waals surface area contributed by atoms with Crippen molar-refractivity contribution in [1.29, 1.82) is 0 Å². The molecule has 0 aromatic carbocycles. The number of carbonyl (C=O) groups excluding carboxylic acids is 3. The third-order valence-corrected chi connectivity index (χ3v) is 3.81. The molecule has 0 aliphatic carbocycles. The number of alkyl carbamates (subject to hydrolysis) is 1. The van der Waals surface area contributed by atoms with Gasteiger partial charge in [0, 0.05) is 6.04 Å². The predicted octanol–water partition coefficient (Wildman–Crippen LogP) is 1.84. The summed E-state index contributed by atoms with van der Waals surface area (Å²) in [6.45, 7) is 8.81. The summed E-state index contributed by atoms with van der Waals surface area (Å²) in [5.74, 6) is -0.714. The van der Waals surface area contributed by atoms with E-state index in [4.69, 9.17) is 9.47 Å². The normalized spacial score (nSPS) is 22.4. The fourth-order valence-electron chi connectivity index (χ4n) is 2.75. The maximum Gasteiger partial charge on any atom is 0.408 e. The van der Waals surface area contributed by atoms with Crippen molar-refractivity contribution in [2.75, 3.05) is 7.11 Å². The Kier molecular flexibility index (Phi) is 6.41. The number of amides is 2. The van der Waals surface area contributed by atoms with Crippen molar-refractivity contribution in [3.8, 4) is 0 Å². The maximum absolute atomic E-state index is 12.7. The summed E-state index contributed by atoms with van der Waals surface area (Å²) in [7, 11) is 1.31. The van der Waals surface area contributed by atoms with Crippen molar-refractivity contribution in [3.63, 3.8) is 0 Å². The summed E-state index contributed by atoms with van der Waals surface area (Å²) in [4.78, 5) is 38.0. The van der Waals surface area contributed by atoms with Crippen LogP contribution in [0, 0.1) is 0 Å². The molecule has 2 amide bonds. The molecule has 0 aromatic heterocycles. The van der Waals surface area contributed by atoms with Gasteiger partial charge in [-0.15, -0.1) is 0 Å². The number of methoxy groups -OCH3 is 1. The largest absolute Gasteiger partial charge is 0.467 e. The van der Waals surface area contributed by atoms with Gasteiger partial charge in [-0.25, -0.2) is 9.59 Å². The van der Waals surface area contributed by atoms with Gasteiger partial charge < -0.3 is 19.7 Å². The van der Waals surface area contributed by atoms with Crippen LogP contribution >= 0.6 is 0 Å². The molecule has 0 saturated carbocycles. The lowest BCUT2D eigenvalue weighted by Gasteiger charge is -2.31. The first-order valence-corrected chi connectivity index (χ1v) is 8.00. The second-order valence-corrected chi connectivity index (χ2v) is 6.79. The van der Waals surface area contributed by atoms with Crippen molar-refractivity contribution in [2.45, 2.75) is 77.6 Å². The van der Waals surface area contributed by atoms with E-state index >= 15 is 0 Å². The van der Waals surface area contributed by atoms with Crippen LogP contribution in [0.25, 0.3) is 0 Å². The number of likely N-dealkylation sites (tertiary alicyclic amines) is 1. The van der Waals surface area contributed by atoms with Gasteiger partial charge in [0.15, 0.2) is 0 Å². The van der Waals surface area contributed by atoms with Crippen LogP contribution in [0.2, 0.25) is 0 Å². The Hall–Kier alpha value is -1.79. The molecule has 1 aliphatic heterocycles. The highest BCUT2D eigenvalue weighted by atomic mass is 16.6. The number of ether oxygens (including phenoxy) is 2. The minimum absolute atomic E-state index is 0.0190. The third-order valence-electron chi connectivity index (χ3n) is 3.81. The van der Waals surface area contributed by atoms with Crippen LogP contribution in [0.4, 0.5) is 4.79 Å². The van der Waals surface area contributed by atoms with Crippen molar-refractivity contribution in [1.82, 2.24) is 10.2 Å². The van der Waals surface area contributed by atoms with Crippen molar-refractivity contribution in [2.24, 2.45) is 0 Å². The van der Waals surface area contributed by atoms with Crippen LogP contribution in [0.1, 0.15) is 53.9 Å². The average Bonchev–Trinajstić information content (AvgIpc) is 2.86. The summed E-state index contributed by atoms with van der Waals surface area (Å²) < 4.78 is 9.95. The zero-order valence-electron chi connectivity index (χ0n) is 14.8. The molecule has 7 nitrogen and oxygen atoms in total. The van der Waals surface area contributed by atoms with Crippen LogP contribution in [0.15, 0.2) is 0 Å². The number of rotatable bonds is 4. The van der Waals surface area contributed by atoms with E-state index in [1.807, 2.05) is 6.92 Å². The number of hydrogen-bond acceptors (Lipinski definition) is 5. The molecule has 3 atom stereocenters. The molecule has 132 valence electrons. The maximum atomic E-state index is 12.7. The van der Waals surface area contributed by atoms with Crippen LogP contribution in [-0.2, 0) is 19.1 Å². The highest BCUT2D eigenvalue weighted by Gasteiger charge is 2.42. The number of esters is 1. The van der Waals surface area contributed by atoms with Crippen LogP contribution in [-0.4, -0.2) is 53.7 Å². The van der Waals surface area contributed by atoms with Crippen LogP contribution < -0.4 is 5.32 Å². The van der Waals surface area contributed by atoms with Crippen LogP contribution in [0.3, 0.4) is 0 Å². The van der Waals surface area contributed by atoms with Gasteiger partial charge in [0.2, 0.25) is 5.91 Å². The molecule has 0 spiro atoms. The Balaban J connectivity index is 2.79. The fraction of sp³-hybridized carbons (Fsp3) is 0.812. The second kappa shape index (κ2) is 7.66. The Morgan fingerprint density at radius 2 is 1.87 bits per heavy atom. The molecule has 1 N–H and O–H groups in total. The minimum atomic E-state index is -0.774. The standard InChI is InChI=1S/C16H28N2O5/c1-7-11-8-9-12(14(20)22-6)18(11)13(19)10(2)17-15(21)23-16(3,4)5/h10-12H,7-9H2,1-6H3,(H,17,21)/t10-,11-,12-/m0/s1. The van der Waals surface area contributed by atoms with Gasteiger partial charge in [0.1, 0.15) is 17.7 Å². The van der Waals surface area contributed by atoms with E-state index in [1.165, 1.54) is 7.11 Å². The fourth-order valence-corrected chi connectivity index (χ4v) is 2.75. The number of carbonyl (C=O) groups is 3. The average molecular weight is 328 g/mol. The molecule has 0 aromatic rings. The van der Waals surface area contributed by atoms with E-state index < -0.39 is 29.7 Å². The van der Waals surface area contributed by atoms with Gasteiger partial charge in [0.25, 0.3) is 0 Å².